The van der Waals surface area contributed by atoms with Gasteiger partial charge in [-0.2, -0.15) is 0 Å². The molecule has 0 N–H and O–H groups in total. The Morgan fingerprint density at radius 2 is 1.92 bits per heavy atom. The first kappa shape index (κ1) is 17.7. The van der Waals surface area contributed by atoms with Gasteiger partial charge in [-0.3, -0.25) is 0 Å². The molecule has 0 aliphatic carbocycles. The van der Waals surface area contributed by atoms with Crippen molar-refractivity contribution in [2.45, 2.75) is 26.7 Å². The Hall–Kier alpha value is -3.08. The van der Waals surface area contributed by atoms with Gasteiger partial charge in [0.05, 0.1) is 0 Å². The second-order valence-corrected chi connectivity index (χ2v) is 6.03. The average Bonchev–Trinajstić information content (AvgIpc) is 2.61. The van der Waals surface area contributed by atoms with E-state index in [4.69, 9.17) is 13.9 Å². The van der Waals surface area contributed by atoms with Crippen LogP contribution in [-0.2, 0) is 11.2 Å². The highest BCUT2D eigenvalue weighted by Crippen LogP contribution is 2.24. The summed E-state index contributed by atoms with van der Waals surface area (Å²) in [5.41, 5.74) is 1.87. The van der Waals surface area contributed by atoms with E-state index >= 15 is 0 Å². The molecule has 5 nitrogen and oxygen atoms in total. The molecule has 3 aromatic rings. The molecule has 0 atom stereocenters. The highest BCUT2D eigenvalue weighted by atomic mass is 16.6. The van der Waals surface area contributed by atoms with Crippen molar-refractivity contribution in [1.82, 2.24) is 0 Å². The van der Waals surface area contributed by atoms with Gasteiger partial charge in [0, 0.05) is 17.5 Å². The number of hydrogen-bond donors (Lipinski definition) is 0. The highest BCUT2D eigenvalue weighted by molar-refractivity contribution is 5.83. The van der Waals surface area contributed by atoms with Crippen LogP contribution in [-0.4, -0.2) is 12.6 Å². The number of carbonyl (C=O) groups is 1. The number of para-hydroxylation sites is 1. The standard InChI is InChI=1S/C21H20O5/c1-3-6-15-11-20(22)26-19-12-16(9-10-17(15)19)25-21(23)13-24-18-8-5-4-7-14(18)2/h4-5,7-12H,3,6,13H2,1-2H3. The maximum absolute atomic E-state index is 12.0. The Morgan fingerprint density at radius 1 is 1.12 bits per heavy atom. The van der Waals surface area contributed by atoms with Crippen LogP contribution in [0.2, 0.25) is 0 Å². The van der Waals surface area contributed by atoms with E-state index in [0.717, 1.165) is 29.4 Å². The molecule has 5 heteroatoms. The van der Waals surface area contributed by atoms with E-state index in [0.29, 0.717) is 17.1 Å². The summed E-state index contributed by atoms with van der Waals surface area (Å²) in [6, 6.07) is 14.0. The molecule has 0 saturated heterocycles. The number of benzene rings is 2. The molecule has 1 heterocycles. The zero-order valence-corrected chi connectivity index (χ0v) is 14.8. The molecule has 0 spiro atoms. The molecular weight excluding hydrogens is 332 g/mol. The summed E-state index contributed by atoms with van der Waals surface area (Å²) in [7, 11) is 0. The predicted molar refractivity (Wildman–Crippen MR) is 98.8 cm³/mol. The van der Waals surface area contributed by atoms with Crippen molar-refractivity contribution in [3.8, 4) is 11.5 Å². The summed E-state index contributed by atoms with van der Waals surface area (Å²) in [4.78, 5) is 23.7. The Labute approximate surface area is 151 Å². The molecule has 0 saturated carbocycles. The lowest BCUT2D eigenvalue weighted by Gasteiger charge is -2.09. The number of rotatable bonds is 6. The number of esters is 1. The molecule has 0 amide bonds. The van der Waals surface area contributed by atoms with E-state index in [1.807, 2.05) is 32.0 Å². The lowest BCUT2D eigenvalue weighted by Crippen LogP contribution is -2.18. The van der Waals surface area contributed by atoms with Crippen LogP contribution in [0.5, 0.6) is 11.5 Å². The lowest BCUT2D eigenvalue weighted by atomic mass is 10.1. The zero-order valence-electron chi connectivity index (χ0n) is 14.8. The molecule has 0 fully saturated rings. The molecule has 3 rings (SSSR count). The maximum atomic E-state index is 12.0. The second kappa shape index (κ2) is 7.87. The lowest BCUT2D eigenvalue weighted by molar-refractivity contribution is -0.136. The quantitative estimate of drug-likeness (QED) is 0.380. The predicted octanol–water partition coefficient (Wildman–Crippen LogP) is 4.04. The molecule has 0 unspecified atom stereocenters. The third-order valence-corrected chi connectivity index (χ3v) is 3.99. The monoisotopic (exact) mass is 352 g/mol. The van der Waals surface area contributed by atoms with Crippen LogP contribution in [0.3, 0.4) is 0 Å². The summed E-state index contributed by atoms with van der Waals surface area (Å²) in [5.74, 6) is 0.422. The minimum absolute atomic E-state index is 0.206. The van der Waals surface area contributed by atoms with E-state index in [-0.39, 0.29) is 6.61 Å². The topological polar surface area (TPSA) is 65.7 Å². The van der Waals surface area contributed by atoms with Crippen molar-refractivity contribution in [3.63, 3.8) is 0 Å². The number of ether oxygens (including phenoxy) is 2. The largest absolute Gasteiger partial charge is 0.482 e. The first-order valence-corrected chi connectivity index (χ1v) is 8.52. The van der Waals surface area contributed by atoms with Gasteiger partial charge in [0.2, 0.25) is 0 Å². The summed E-state index contributed by atoms with van der Waals surface area (Å²) in [6.07, 6.45) is 1.71. The first-order chi connectivity index (χ1) is 12.6. The molecular formula is C21H20O5. The number of fused-ring (bicyclic) bond motifs is 1. The summed E-state index contributed by atoms with van der Waals surface area (Å²) >= 11 is 0. The van der Waals surface area contributed by atoms with Crippen molar-refractivity contribution in [1.29, 1.82) is 0 Å². The van der Waals surface area contributed by atoms with Gasteiger partial charge in [0.1, 0.15) is 17.1 Å². The van der Waals surface area contributed by atoms with Crippen LogP contribution in [0.25, 0.3) is 11.0 Å². The van der Waals surface area contributed by atoms with E-state index in [1.54, 1.807) is 24.3 Å². The highest BCUT2D eigenvalue weighted by Gasteiger charge is 2.11. The van der Waals surface area contributed by atoms with E-state index in [9.17, 15) is 9.59 Å². The fourth-order valence-electron chi connectivity index (χ4n) is 2.77. The summed E-state index contributed by atoms with van der Waals surface area (Å²) in [5, 5.41) is 0.849. The van der Waals surface area contributed by atoms with Crippen LogP contribution < -0.4 is 15.1 Å². The molecule has 0 radical (unpaired) electrons. The fourth-order valence-corrected chi connectivity index (χ4v) is 2.77. The van der Waals surface area contributed by atoms with Crippen molar-refractivity contribution < 1.29 is 18.7 Å². The van der Waals surface area contributed by atoms with E-state index in [2.05, 4.69) is 0 Å². The minimum Gasteiger partial charge on any atom is -0.482 e. The Bertz CT molecular complexity index is 987. The van der Waals surface area contributed by atoms with Gasteiger partial charge in [-0.05, 0) is 42.7 Å². The van der Waals surface area contributed by atoms with Gasteiger partial charge in [-0.15, -0.1) is 0 Å². The molecule has 134 valence electrons. The molecule has 1 aromatic heterocycles. The van der Waals surface area contributed by atoms with Crippen LogP contribution in [0, 0.1) is 6.92 Å². The van der Waals surface area contributed by atoms with Gasteiger partial charge >= 0.3 is 11.6 Å². The average molecular weight is 352 g/mol. The summed E-state index contributed by atoms with van der Waals surface area (Å²) in [6.45, 7) is 3.74. The normalized spacial score (nSPS) is 10.7. The number of carbonyl (C=O) groups excluding carboxylic acids is 1. The van der Waals surface area contributed by atoms with Crippen LogP contribution in [0.15, 0.2) is 57.7 Å². The molecule has 0 aliphatic rings. The van der Waals surface area contributed by atoms with Crippen LogP contribution >= 0.6 is 0 Å². The van der Waals surface area contributed by atoms with Crippen molar-refractivity contribution in [3.05, 3.63) is 70.1 Å². The fraction of sp³-hybridized carbons (Fsp3) is 0.238. The summed E-state index contributed by atoms with van der Waals surface area (Å²) < 4.78 is 16.0. The van der Waals surface area contributed by atoms with E-state index in [1.165, 1.54) is 6.07 Å². The Morgan fingerprint density at radius 3 is 2.69 bits per heavy atom. The Kier molecular flexibility index (Phi) is 5.37. The number of hydrogen-bond acceptors (Lipinski definition) is 5. The third-order valence-electron chi connectivity index (χ3n) is 3.99. The Balaban J connectivity index is 1.73. The van der Waals surface area contributed by atoms with Gasteiger partial charge in [-0.1, -0.05) is 31.5 Å². The van der Waals surface area contributed by atoms with Gasteiger partial charge < -0.3 is 13.9 Å². The van der Waals surface area contributed by atoms with Gasteiger partial charge in [-0.25, -0.2) is 9.59 Å². The van der Waals surface area contributed by atoms with Crippen LogP contribution in [0.4, 0.5) is 0 Å². The third kappa shape index (κ3) is 4.11. The number of aryl methyl sites for hydroxylation is 2. The van der Waals surface area contributed by atoms with Gasteiger partial charge in [0.15, 0.2) is 6.61 Å². The van der Waals surface area contributed by atoms with Crippen LogP contribution in [0.1, 0.15) is 24.5 Å². The zero-order chi connectivity index (χ0) is 18.5. The minimum atomic E-state index is -0.528. The molecule has 26 heavy (non-hydrogen) atoms. The second-order valence-electron chi connectivity index (χ2n) is 6.03. The molecule has 0 aliphatic heterocycles. The SMILES string of the molecule is CCCc1cc(=O)oc2cc(OC(=O)COc3ccccc3C)ccc12. The van der Waals surface area contributed by atoms with Crippen molar-refractivity contribution >= 4 is 16.9 Å². The van der Waals surface area contributed by atoms with Crippen molar-refractivity contribution in [2.24, 2.45) is 0 Å². The van der Waals surface area contributed by atoms with E-state index < -0.39 is 11.6 Å². The first-order valence-electron chi connectivity index (χ1n) is 8.52. The molecule has 2 aromatic carbocycles. The maximum Gasteiger partial charge on any atom is 0.349 e. The van der Waals surface area contributed by atoms with Gasteiger partial charge in [0.25, 0.3) is 0 Å². The smallest absolute Gasteiger partial charge is 0.349 e. The van der Waals surface area contributed by atoms with Crippen molar-refractivity contribution in [2.75, 3.05) is 6.61 Å². The molecule has 0 bridgehead atoms.